The van der Waals surface area contributed by atoms with Crippen molar-refractivity contribution >= 4 is 0 Å². The van der Waals surface area contributed by atoms with Gasteiger partial charge in [-0.25, -0.2) is 0 Å². The quantitative estimate of drug-likeness (QED) is 0.618. The third kappa shape index (κ3) is 1.99. The summed E-state index contributed by atoms with van der Waals surface area (Å²) in [5.41, 5.74) is 0. The Morgan fingerprint density at radius 2 is 1.50 bits per heavy atom. The normalized spacial score (nSPS) is 34.0. The molecule has 0 aromatic rings. The molecule has 2 atom stereocenters. The fourth-order valence-electron chi connectivity index (χ4n) is 2.35. The van der Waals surface area contributed by atoms with Gasteiger partial charge in [-0.05, 0) is 26.9 Å². The Morgan fingerprint density at radius 3 is 1.83 bits per heavy atom. The van der Waals surface area contributed by atoms with E-state index >= 15 is 0 Å². The molecule has 0 saturated carbocycles. The number of nitrogens with zero attached hydrogens (tertiary/aromatic N) is 2. The van der Waals surface area contributed by atoms with Gasteiger partial charge in [0.1, 0.15) is 0 Å². The molecule has 12 heavy (non-hydrogen) atoms. The van der Waals surface area contributed by atoms with Crippen molar-refractivity contribution in [1.82, 2.24) is 9.80 Å². The molecule has 0 radical (unpaired) electrons. The summed E-state index contributed by atoms with van der Waals surface area (Å²) in [7, 11) is 0. The Kier molecular flexibility index (Phi) is 3.53. The molecule has 0 aliphatic carbocycles. The van der Waals surface area contributed by atoms with Gasteiger partial charge in [-0.15, -0.1) is 0 Å². The van der Waals surface area contributed by atoms with E-state index in [2.05, 4.69) is 37.5 Å². The lowest BCUT2D eigenvalue weighted by atomic mass is 10.1. The zero-order valence-corrected chi connectivity index (χ0v) is 8.88. The van der Waals surface area contributed by atoms with Gasteiger partial charge in [0.05, 0.1) is 0 Å². The molecule has 1 fully saturated rings. The number of hydrogen-bond acceptors (Lipinski definition) is 2. The Labute approximate surface area is 76.5 Å². The highest BCUT2D eigenvalue weighted by Crippen LogP contribution is 2.14. The first-order valence-corrected chi connectivity index (χ1v) is 5.17. The van der Waals surface area contributed by atoms with Crippen LogP contribution in [-0.4, -0.2) is 48.1 Å². The van der Waals surface area contributed by atoms with Crippen LogP contribution in [0.1, 0.15) is 27.7 Å². The molecule has 1 aliphatic rings. The van der Waals surface area contributed by atoms with Crippen molar-refractivity contribution in [3.05, 3.63) is 0 Å². The smallest absolute Gasteiger partial charge is 0.0198 e. The zero-order chi connectivity index (χ0) is 9.14. The van der Waals surface area contributed by atoms with Gasteiger partial charge >= 0.3 is 0 Å². The average Bonchev–Trinajstić information content (AvgIpc) is 2.03. The highest BCUT2D eigenvalue weighted by atomic mass is 15.3. The fraction of sp³-hybridized carbons (Fsp3) is 1.00. The monoisotopic (exact) mass is 170 g/mol. The number of likely N-dealkylation sites (N-methyl/N-ethyl adjacent to an activating group) is 2. The minimum absolute atomic E-state index is 0.735. The maximum Gasteiger partial charge on any atom is 0.0198 e. The van der Waals surface area contributed by atoms with Crippen molar-refractivity contribution in [1.29, 1.82) is 0 Å². The molecule has 0 amide bonds. The molecule has 72 valence electrons. The molecule has 0 N–H and O–H groups in total. The highest BCUT2D eigenvalue weighted by molar-refractivity contribution is 4.83. The van der Waals surface area contributed by atoms with Gasteiger partial charge < -0.3 is 4.90 Å². The van der Waals surface area contributed by atoms with E-state index in [0.717, 1.165) is 12.1 Å². The molecule has 1 aliphatic heterocycles. The van der Waals surface area contributed by atoms with Crippen LogP contribution in [0.15, 0.2) is 0 Å². The summed E-state index contributed by atoms with van der Waals surface area (Å²) in [6.45, 7) is 14.1. The standard InChI is InChI=1S/C10H22N2/c1-5-11-7-9(3)12(6-2)10(4)8-11/h9-10H,5-8H2,1-4H3/t9-,10-/m0/s1. The Hall–Kier alpha value is -0.0800. The van der Waals surface area contributed by atoms with Gasteiger partial charge in [0, 0.05) is 25.2 Å². The van der Waals surface area contributed by atoms with Gasteiger partial charge in [0.2, 0.25) is 0 Å². The van der Waals surface area contributed by atoms with Crippen LogP contribution < -0.4 is 0 Å². The summed E-state index contributed by atoms with van der Waals surface area (Å²) >= 11 is 0. The van der Waals surface area contributed by atoms with Crippen LogP contribution in [0.5, 0.6) is 0 Å². The van der Waals surface area contributed by atoms with Crippen molar-refractivity contribution in [2.24, 2.45) is 0 Å². The van der Waals surface area contributed by atoms with Gasteiger partial charge in [0.25, 0.3) is 0 Å². The summed E-state index contributed by atoms with van der Waals surface area (Å²) in [4.78, 5) is 5.13. The van der Waals surface area contributed by atoms with E-state index in [-0.39, 0.29) is 0 Å². The molecule has 1 saturated heterocycles. The lowest BCUT2D eigenvalue weighted by Crippen LogP contribution is -2.56. The molecule has 2 nitrogen and oxygen atoms in total. The average molecular weight is 170 g/mol. The Bertz CT molecular complexity index is 124. The van der Waals surface area contributed by atoms with Crippen LogP contribution in [0.4, 0.5) is 0 Å². The molecular formula is C10H22N2. The predicted molar refractivity (Wildman–Crippen MR) is 53.4 cm³/mol. The second-order valence-electron chi connectivity index (χ2n) is 3.88. The molecule has 0 aromatic heterocycles. The maximum absolute atomic E-state index is 2.59. The SMILES string of the molecule is CCN1C[C@H](C)N(CC)[C@@H](C)C1. The fourth-order valence-corrected chi connectivity index (χ4v) is 2.35. The van der Waals surface area contributed by atoms with Gasteiger partial charge in [0.15, 0.2) is 0 Å². The second kappa shape index (κ2) is 4.24. The molecule has 1 heterocycles. The predicted octanol–water partition coefficient (Wildman–Crippen LogP) is 1.42. The van der Waals surface area contributed by atoms with E-state index in [1.165, 1.54) is 26.2 Å². The molecule has 0 spiro atoms. The van der Waals surface area contributed by atoms with E-state index in [1.807, 2.05) is 0 Å². The van der Waals surface area contributed by atoms with E-state index in [9.17, 15) is 0 Å². The molecule has 0 aromatic carbocycles. The molecule has 0 unspecified atom stereocenters. The van der Waals surface area contributed by atoms with Crippen molar-refractivity contribution < 1.29 is 0 Å². The van der Waals surface area contributed by atoms with Crippen LogP contribution in [0.3, 0.4) is 0 Å². The maximum atomic E-state index is 2.59. The largest absolute Gasteiger partial charge is 0.301 e. The highest BCUT2D eigenvalue weighted by Gasteiger charge is 2.26. The van der Waals surface area contributed by atoms with Gasteiger partial charge in [-0.1, -0.05) is 13.8 Å². The zero-order valence-electron chi connectivity index (χ0n) is 8.88. The van der Waals surface area contributed by atoms with Crippen molar-refractivity contribution in [2.75, 3.05) is 26.2 Å². The Balaban J connectivity index is 2.51. The number of hydrogen-bond donors (Lipinski definition) is 0. The third-order valence-electron chi connectivity index (χ3n) is 2.99. The minimum atomic E-state index is 0.735. The molecule has 1 rings (SSSR count). The van der Waals surface area contributed by atoms with Crippen LogP contribution in [0.2, 0.25) is 0 Å². The van der Waals surface area contributed by atoms with E-state index in [0.29, 0.717) is 0 Å². The minimum Gasteiger partial charge on any atom is -0.301 e. The van der Waals surface area contributed by atoms with Gasteiger partial charge in [-0.3, -0.25) is 4.90 Å². The van der Waals surface area contributed by atoms with Crippen LogP contribution in [0, 0.1) is 0 Å². The Morgan fingerprint density at radius 1 is 1.00 bits per heavy atom. The summed E-state index contributed by atoms with van der Waals surface area (Å²) in [6.07, 6.45) is 0. The molecule has 2 heteroatoms. The second-order valence-corrected chi connectivity index (χ2v) is 3.88. The van der Waals surface area contributed by atoms with E-state index < -0.39 is 0 Å². The topological polar surface area (TPSA) is 6.48 Å². The third-order valence-corrected chi connectivity index (χ3v) is 2.99. The van der Waals surface area contributed by atoms with Crippen molar-refractivity contribution in [2.45, 2.75) is 39.8 Å². The summed E-state index contributed by atoms with van der Waals surface area (Å²) in [5, 5.41) is 0. The van der Waals surface area contributed by atoms with Crippen LogP contribution in [0.25, 0.3) is 0 Å². The van der Waals surface area contributed by atoms with E-state index in [1.54, 1.807) is 0 Å². The van der Waals surface area contributed by atoms with Crippen molar-refractivity contribution in [3.8, 4) is 0 Å². The first-order chi connectivity index (χ1) is 5.69. The van der Waals surface area contributed by atoms with Crippen LogP contribution in [-0.2, 0) is 0 Å². The van der Waals surface area contributed by atoms with E-state index in [4.69, 9.17) is 0 Å². The lowest BCUT2D eigenvalue weighted by Gasteiger charge is -2.43. The number of piperazine rings is 1. The summed E-state index contributed by atoms with van der Waals surface area (Å²) < 4.78 is 0. The van der Waals surface area contributed by atoms with Crippen LogP contribution >= 0.6 is 0 Å². The van der Waals surface area contributed by atoms with Crippen molar-refractivity contribution in [3.63, 3.8) is 0 Å². The lowest BCUT2D eigenvalue weighted by molar-refractivity contribution is 0.0462. The molecule has 0 bridgehead atoms. The first-order valence-electron chi connectivity index (χ1n) is 5.17. The summed E-state index contributed by atoms with van der Waals surface area (Å²) in [5.74, 6) is 0. The summed E-state index contributed by atoms with van der Waals surface area (Å²) in [6, 6.07) is 1.47. The number of rotatable bonds is 2. The first kappa shape index (κ1) is 10.0. The van der Waals surface area contributed by atoms with Gasteiger partial charge in [-0.2, -0.15) is 0 Å². The molecular weight excluding hydrogens is 148 g/mol.